The summed E-state index contributed by atoms with van der Waals surface area (Å²) in [5.41, 5.74) is 2.43. The summed E-state index contributed by atoms with van der Waals surface area (Å²) in [6.45, 7) is 5.36. The highest BCUT2D eigenvalue weighted by Crippen LogP contribution is 2.34. The van der Waals surface area contributed by atoms with E-state index in [0.29, 0.717) is 33.9 Å². The van der Waals surface area contributed by atoms with Gasteiger partial charge in [-0.25, -0.2) is 4.98 Å². The van der Waals surface area contributed by atoms with Gasteiger partial charge in [0.1, 0.15) is 11.1 Å². The van der Waals surface area contributed by atoms with E-state index in [1.54, 1.807) is 31.4 Å². The molecule has 4 aromatic rings. The van der Waals surface area contributed by atoms with Crippen molar-refractivity contribution < 1.29 is 28.7 Å². The molecule has 2 aromatic carbocycles. The number of aryl methyl sites for hydroxylation is 1. The topological polar surface area (TPSA) is 191 Å². The van der Waals surface area contributed by atoms with Crippen LogP contribution in [-0.2, 0) is 21.4 Å². The van der Waals surface area contributed by atoms with Crippen molar-refractivity contribution >= 4 is 75.2 Å². The van der Waals surface area contributed by atoms with Gasteiger partial charge in [-0.05, 0) is 48.9 Å². The van der Waals surface area contributed by atoms with Gasteiger partial charge in [0.25, 0.3) is 23.3 Å². The first-order valence-corrected chi connectivity index (χ1v) is 18.7. The minimum absolute atomic E-state index is 0.0639. The molecule has 5 amide bonds. The molecule has 4 aliphatic heterocycles. The molecule has 0 aliphatic carbocycles. The van der Waals surface area contributed by atoms with Gasteiger partial charge in [0.05, 0.1) is 22.8 Å². The van der Waals surface area contributed by atoms with E-state index in [2.05, 4.69) is 35.6 Å². The summed E-state index contributed by atoms with van der Waals surface area (Å²) in [6.07, 6.45) is 1.77. The predicted octanol–water partition coefficient (Wildman–Crippen LogP) is 1.51. The normalized spacial score (nSPS) is 18.9. The molecule has 3 N–H and O–H groups in total. The van der Waals surface area contributed by atoms with Gasteiger partial charge in [-0.3, -0.25) is 43.9 Å². The summed E-state index contributed by atoms with van der Waals surface area (Å²) in [5.74, 6) is -0.903. The molecule has 0 spiro atoms. The number of imide groups is 2. The van der Waals surface area contributed by atoms with Gasteiger partial charge < -0.3 is 29.7 Å². The summed E-state index contributed by atoms with van der Waals surface area (Å²) < 4.78 is 6.96. The fourth-order valence-electron chi connectivity index (χ4n) is 7.63. The number of rotatable bonds is 10. The average Bonchev–Trinajstić information content (AvgIpc) is 3.42. The van der Waals surface area contributed by atoms with Crippen LogP contribution in [0, 0.1) is 5.92 Å². The number of nitrogens with zero attached hydrogens (tertiary/aromatic N) is 7. The monoisotopic (exact) mass is 782 g/mol. The molecule has 1 atom stereocenters. The molecule has 56 heavy (non-hydrogen) atoms. The van der Waals surface area contributed by atoms with Crippen molar-refractivity contribution in [3.05, 3.63) is 75.2 Å². The third-order valence-corrected chi connectivity index (χ3v) is 11.0. The fourth-order valence-corrected chi connectivity index (χ4v) is 7.77. The minimum atomic E-state index is -0.989. The third kappa shape index (κ3) is 6.99. The molecule has 0 bridgehead atoms. The Labute approximate surface area is 325 Å². The number of aromatic nitrogens is 3. The van der Waals surface area contributed by atoms with Crippen molar-refractivity contribution in [1.82, 2.24) is 35.0 Å². The molecular formula is C38H39ClN10O7. The van der Waals surface area contributed by atoms with Crippen LogP contribution in [0.3, 0.4) is 0 Å². The van der Waals surface area contributed by atoms with Crippen molar-refractivity contribution in [2.24, 2.45) is 13.0 Å². The Morgan fingerprint density at radius 2 is 1.73 bits per heavy atom. The summed E-state index contributed by atoms with van der Waals surface area (Å²) in [5, 5.41) is 9.05. The quantitative estimate of drug-likeness (QED) is 0.197. The lowest BCUT2D eigenvalue weighted by Crippen LogP contribution is -2.55. The van der Waals surface area contributed by atoms with Crippen LogP contribution in [0.25, 0.3) is 10.9 Å². The number of piperidine rings is 1. The van der Waals surface area contributed by atoms with E-state index < -0.39 is 29.7 Å². The zero-order valence-electron chi connectivity index (χ0n) is 30.7. The lowest BCUT2D eigenvalue weighted by Gasteiger charge is -2.44. The predicted molar refractivity (Wildman–Crippen MR) is 207 cm³/mol. The number of piperazine rings is 1. The molecule has 3 fully saturated rings. The number of anilines is 4. The third-order valence-electron chi connectivity index (χ3n) is 10.7. The average molecular weight is 783 g/mol. The molecule has 290 valence electrons. The second-order valence-corrected chi connectivity index (χ2v) is 14.7. The maximum absolute atomic E-state index is 13.3. The van der Waals surface area contributed by atoms with E-state index in [4.69, 9.17) is 21.3 Å². The van der Waals surface area contributed by atoms with Crippen LogP contribution in [0.1, 0.15) is 33.6 Å². The molecule has 2 aromatic heterocycles. The van der Waals surface area contributed by atoms with Crippen molar-refractivity contribution in [3.63, 3.8) is 0 Å². The van der Waals surface area contributed by atoms with Gasteiger partial charge in [-0.15, -0.1) is 0 Å². The Bertz CT molecular complexity index is 2360. The number of amides is 5. The second-order valence-electron chi connectivity index (χ2n) is 14.3. The molecule has 6 heterocycles. The molecule has 0 saturated carbocycles. The first-order chi connectivity index (χ1) is 27.0. The van der Waals surface area contributed by atoms with Crippen LogP contribution in [-0.4, -0.2) is 119 Å². The summed E-state index contributed by atoms with van der Waals surface area (Å²) in [6, 6.07) is 11.3. The van der Waals surface area contributed by atoms with Gasteiger partial charge in [-0.1, -0.05) is 11.6 Å². The van der Waals surface area contributed by atoms with E-state index in [1.165, 1.54) is 11.6 Å². The highest BCUT2D eigenvalue weighted by molar-refractivity contribution is 6.33. The van der Waals surface area contributed by atoms with Gasteiger partial charge >= 0.3 is 0 Å². The van der Waals surface area contributed by atoms with E-state index in [1.807, 2.05) is 24.3 Å². The van der Waals surface area contributed by atoms with E-state index in [-0.39, 0.29) is 47.8 Å². The van der Waals surface area contributed by atoms with Crippen molar-refractivity contribution in [3.8, 4) is 5.75 Å². The highest BCUT2D eigenvalue weighted by Gasteiger charge is 2.45. The van der Waals surface area contributed by atoms with Crippen molar-refractivity contribution in [2.45, 2.75) is 18.9 Å². The second kappa shape index (κ2) is 14.9. The van der Waals surface area contributed by atoms with Crippen LogP contribution in [0.4, 0.5) is 23.1 Å². The van der Waals surface area contributed by atoms with E-state index >= 15 is 0 Å². The number of halogens is 1. The largest absolute Gasteiger partial charge is 0.478 e. The van der Waals surface area contributed by atoms with E-state index in [9.17, 15) is 28.8 Å². The summed E-state index contributed by atoms with van der Waals surface area (Å²) in [4.78, 5) is 91.8. The first kappa shape index (κ1) is 36.9. The zero-order chi connectivity index (χ0) is 39.2. The smallest absolute Gasteiger partial charge is 0.293 e. The fraction of sp³-hybridized carbons (Fsp3) is 0.368. The zero-order valence-corrected chi connectivity index (χ0v) is 31.5. The van der Waals surface area contributed by atoms with Crippen LogP contribution in [0.5, 0.6) is 5.75 Å². The summed E-state index contributed by atoms with van der Waals surface area (Å²) >= 11 is 6.53. The Hall–Kier alpha value is -6.07. The SMILES string of the molecule is CNC(=O)COc1cc2cc(Nc3nc(N4CCN(CC5CN(c6ccc7c(c6)C(=O)N(C6CCC(=O)NC6=O)C7=O)C5)CC4)ncc3Cl)ccc2n(C)c1=O. The van der Waals surface area contributed by atoms with Crippen LogP contribution >= 0.6 is 11.6 Å². The molecule has 3 saturated heterocycles. The molecule has 17 nitrogen and oxygen atoms in total. The highest BCUT2D eigenvalue weighted by atomic mass is 35.5. The number of ether oxygens (including phenoxy) is 1. The van der Waals surface area contributed by atoms with Gasteiger partial charge in [0.15, 0.2) is 18.2 Å². The number of benzene rings is 2. The maximum Gasteiger partial charge on any atom is 0.293 e. The van der Waals surface area contributed by atoms with Gasteiger partial charge in [-0.2, -0.15) is 4.98 Å². The lowest BCUT2D eigenvalue weighted by atomic mass is 9.97. The Morgan fingerprint density at radius 1 is 0.964 bits per heavy atom. The number of hydrogen-bond acceptors (Lipinski definition) is 13. The molecule has 18 heteroatoms. The number of carbonyl (C=O) groups excluding carboxylic acids is 5. The number of hydrogen-bond donors (Lipinski definition) is 3. The lowest BCUT2D eigenvalue weighted by molar-refractivity contribution is -0.136. The van der Waals surface area contributed by atoms with Gasteiger partial charge in [0, 0.05) is 89.0 Å². The Kier molecular flexibility index (Phi) is 9.80. The number of pyridine rings is 1. The van der Waals surface area contributed by atoms with E-state index in [0.717, 1.165) is 61.8 Å². The number of nitrogens with one attached hydrogen (secondary N) is 3. The van der Waals surface area contributed by atoms with Crippen molar-refractivity contribution in [2.75, 3.05) is 74.6 Å². The minimum Gasteiger partial charge on any atom is -0.478 e. The Morgan fingerprint density at radius 3 is 2.48 bits per heavy atom. The molecule has 8 rings (SSSR count). The first-order valence-electron chi connectivity index (χ1n) is 18.3. The van der Waals surface area contributed by atoms with Crippen LogP contribution < -0.4 is 36.0 Å². The van der Waals surface area contributed by atoms with Crippen LogP contribution in [0.2, 0.25) is 5.02 Å². The molecular weight excluding hydrogens is 744 g/mol. The van der Waals surface area contributed by atoms with Gasteiger partial charge in [0.2, 0.25) is 17.8 Å². The number of likely N-dealkylation sites (N-methyl/N-ethyl adjacent to an activating group) is 1. The summed E-state index contributed by atoms with van der Waals surface area (Å²) in [7, 11) is 3.14. The molecule has 0 radical (unpaired) electrons. The standard InChI is InChI=1S/C38H39ClN10O7/c1-40-32(51)20-56-30-14-22-13-23(3-6-28(22)45(2)37(30)55)42-33-27(39)16-41-38(44-33)47-11-9-46(10-12-47)17-21-18-48(19-21)24-4-5-25-26(15-24)36(54)49(35(25)53)29-7-8-31(50)43-34(29)52/h3-6,13-16,21,29H,7-12,17-20H2,1-2H3,(H,40,51)(H,41,42,44)(H,43,50,52). The number of carbonyl (C=O) groups is 5. The molecule has 4 aliphatic rings. The Balaban J connectivity index is 0.850. The maximum atomic E-state index is 13.3. The van der Waals surface area contributed by atoms with Crippen molar-refractivity contribution in [1.29, 1.82) is 0 Å². The molecule has 1 unspecified atom stereocenters. The van der Waals surface area contributed by atoms with Crippen LogP contribution in [0.15, 0.2) is 53.5 Å². The number of fused-ring (bicyclic) bond motifs is 2.